The minimum absolute atomic E-state index is 0.0660. The fourth-order valence-electron chi connectivity index (χ4n) is 2.58. The van der Waals surface area contributed by atoms with E-state index >= 15 is 0 Å². The second kappa shape index (κ2) is 10.1. The Morgan fingerprint density at radius 1 is 1.12 bits per heavy atom. The van der Waals surface area contributed by atoms with Gasteiger partial charge in [-0.2, -0.15) is 0 Å². The molecule has 0 saturated carbocycles. The molecule has 1 aromatic rings. The molecule has 6 nitrogen and oxygen atoms in total. The molecule has 1 rings (SSSR count). The van der Waals surface area contributed by atoms with Crippen molar-refractivity contribution in [2.75, 3.05) is 45.3 Å². The van der Waals surface area contributed by atoms with Crippen LogP contribution in [0.15, 0.2) is 12.1 Å². The first kappa shape index (κ1) is 20.1. The van der Waals surface area contributed by atoms with E-state index in [2.05, 4.69) is 5.32 Å². The Labute approximate surface area is 144 Å². The molecule has 134 valence electrons. The molecule has 1 amide bonds. The van der Waals surface area contributed by atoms with E-state index in [1.54, 1.807) is 18.9 Å². The van der Waals surface area contributed by atoms with Crippen molar-refractivity contribution in [3.8, 4) is 0 Å². The van der Waals surface area contributed by atoms with E-state index < -0.39 is 0 Å². The molecule has 0 aliphatic heterocycles. The van der Waals surface area contributed by atoms with E-state index in [1.807, 2.05) is 32.9 Å². The van der Waals surface area contributed by atoms with Crippen LogP contribution in [0.3, 0.4) is 0 Å². The third-order valence-electron chi connectivity index (χ3n) is 3.58. The second-order valence-electron chi connectivity index (χ2n) is 5.83. The van der Waals surface area contributed by atoms with E-state index in [0.717, 1.165) is 22.4 Å². The largest absolute Gasteiger partial charge is 0.465 e. The summed E-state index contributed by atoms with van der Waals surface area (Å²) in [4.78, 5) is 25.8. The first-order valence-electron chi connectivity index (χ1n) is 8.12. The molecule has 0 atom stereocenters. The van der Waals surface area contributed by atoms with Gasteiger partial charge in [0.1, 0.15) is 0 Å². The van der Waals surface area contributed by atoms with Crippen LogP contribution in [-0.4, -0.2) is 56.7 Å². The molecule has 24 heavy (non-hydrogen) atoms. The summed E-state index contributed by atoms with van der Waals surface area (Å²) in [7, 11) is 1.58. The van der Waals surface area contributed by atoms with Crippen molar-refractivity contribution in [1.82, 2.24) is 4.90 Å². The van der Waals surface area contributed by atoms with Gasteiger partial charge < -0.3 is 14.8 Å². The lowest BCUT2D eigenvalue weighted by atomic mass is 10.1. The minimum Gasteiger partial charge on any atom is -0.465 e. The highest BCUT2D eigenvalue weighted by Crippen LogP contribution is 2.21. The fourth-order valence-corrected chi connectivity index (χ4v) is 2.58. The van der Waals surface area contributed by atoms with Gasteiger partial charge in [-0.3, -0.25) is 14.5 Å². The average Bonchev–Trinajstić information content (AvgIpc) is 2.48. The molecule has 0 heterocycles. The van der Waals surface area contributed by atoms with Crippen molar-refractivity contribution in [3.05, 3.63) is 28.8 Å². The predicted octanol–water partition coefficient (Wildman–Crippen LogP) is 2.06. The summed E-state index contributed by atoms with van der Waals surface area (Å²) in [5, 5.41) is 2.94. The van der Waals surface area contributed by atoms with Crippen LogP contribution in [0.5, 0.6) is 0 Å². The van der Waals surface area contributed by atoms with Crippen LogP contribution in [0.25, 0.3) is 0 Å². The minimum atomic E-state index is -0.343. The number of esters is 1. The fraction of sp³-hybridized carbons (Fsp3) is 0.556. The number of nitrogens with zero attached hydrogens (tertiary/aromatic N) is 1. The number of rotatable bonds is 9. The Kier molecular flexibility index (Phi) is 8.43. The number of amides is 1. The third kappa shape index (κ3) is 6.68. The number of aryl methyl sites for hydroxylation is 3. The highest BCUT2D eigenvalue weighted by Gasteiger charge is 2.16. The smallest absolute Gasteiger partial charge is 0.320 e. The topological polar surface area (TPSA) is 67.9 Å². The quantitative estimate of drug-likeness (QED) is 0.699. The Bertz CT molecular complexity index is 549. The number of carbonyl (C=O) groups excluding carboxylic acids is 2. The van der Waals surface area contributed by atoms with Gasteiger partial charge in [-0.25, -0.2) is 0 Å². The number of anilines is 1. The lowest BCUT2D eigenvalue weighted by molar-refractivity contribution is -0.144. The number of methoxy groups -OCH3 is 1. The van der Waals surface area contributed by atoms with Gasteiger partial charge in [-0.05, 0) is 38.8 Å². The van der Waals surface area contributed by atoms with Gasteiger partial charge in [0.15, 0.2) is 0 Å². The number of benzene rings is 1. The van der Waals surface area contributed by atoms with Gasteiger partial charge >= 0.3 is 5.97 Å². The molecule has 1 N–H and O–H groups in total. The SMILES string of the molecule is CCOC(=O)CN(CCOC)CC(=O)Nc1c(C)cc(C)cc1C. The Morgan fingerprint density at radius 2 is 1.75 bits per heavy atom. The normalized spacial score (nSPS) is 10.8. The zero-order valence-electron chi connectivity index (χ0n) is 15.3. The molecule has 0 saturated heterocycles. The highest BCUT2D eigenvalue weighted by molar-refractivity contribution is 5.94. The van der Waals surface area contributed by atoms with Gasteiger partial charge in [0.25, 0.3) is 0 Å². The van der Waals surface area contributed by atoms with E-state index in [1.165, 1.54) is 0 Å². The Hall–Kier alpha value is -1.92. The van der Waals surface area contributed by atoms with Crippen LogP contribution in [0.2, 0.25) is 0 Å². The Morgan fingerprint density at radius 3 is 2.29 bits per heavy atom. The van der Waals surface area contributed by atoms with Crippen LogP contribution in [-0.2, 0) is 19.1 Å². The maximum absolute atomic E-state index is 12.4. The van der Waals surface area contributed by atoms with E-state index in [-0.39, 0.29) is 25.0 Å². The summed E-state index contributed by atoms with van der Waals surface area (Å²) in [6.45, 7) is 9.14. The predicted molar refractivity (Wildman–Crippen MR) is 94.2 cm³/mol. The van der Waals surface area contributed by atoms with Crippen LogP contribution < -0.4 is 5.32 Å². The molecule has 1 aromatic carbocycles. The first-order chi connectivity index (χ1) is 11.4. The molecular weight excluding hydrogens is 308 g/mol. The van der Waals surface area contributed by atoms with Crippen LogP contribution >= 0.6 is 0 Å². The van der Waals surface area contributed by atoms with Crippen molar-refractivity contribution >= 4 is 17.6 Å². The maximum atomic E-state index is 12.4. The van der Waals surface area contributed by atoms with Gasteiger partial charge in [0.05, 0.1) is 26.3 Å². The van der Waals surface area contributed by atoms with Crippen molar-refractivity contribution in [2.24, 2.45) is 0 Å². The van der Waals surface area contributed by atoms with E-state index in [4.69, 9.17) is 9.47 Å². The number of ether oxygens (including phenoxy) is 2. The lowest BCUT2D eigenvalue weighted by Gasteiger charge is -2.21. The summed E-state index contributed by atoms with van der Waals surface area (Å²) in [6.07, 6.45) is 0. The molecule has 0 aliphatic rings. The molecule has 0 bridgehead atoms. The summed E-state index contributed by atoms with van der Waals surface area (Å²) < 4.78 is 9.99. The number of hydrogen-bond donors (Lipinski definition) is 1. The summed E-state index contributed by atoms with van der Waals surface area (Å²) in [5.41, 5.74) is 4.03. The molecule has 0 spiro atoms. The summed E-state index contributed by atoms with van der Waals surface area (Å²) in [6, 6.07) is 4.06. The van der Waals surface area contributed by atoms with Crippen LogP contribution in [0, 0.1) is 20.8 Å². The van der Waals surface area contributed by atoms with Crippen LogP contribution in [0.4, 0.5) is 5.69 Å². The van der Waals surface area contributed by atoms with E-state index in [0.29, 0.717) is 19.8 Å². The van der Waals surface area contributed by atoms with Crippen LogP contribution in [0.1, 0.15) is 23.6 Å². The van der Waals surface area contributed by atoms with Gasteiger partial charge in [0, 0.05) is 19.3 Å². The lowest BCUT2D eigenvalue weighted by Crippen LogP contribution is -2.39. The standard InChI is InChI=1S/C18H28N2O4/c1-6-24-17(22)12-20(7-8-23-5)11-16(21)19-18-14(3)9-13(2)10-15(18)4/h9-10H,6-8,11-12H2,1-5H3,(H,19,21). The maximum Gasteiger partial charge on any atom is 0.320 e. The molecule has 0 aromatic heterocycles. The second-order valence-corrected chi connectivity index (χ2v) is 5.83. The Balaban J connectivity index is 2.72. The summed E-state index contributed by atoms with van der Waals surface area (Å²) in [5.74, 6) is -0.505. The average molecular weight is 336 g/mol. The molecule has 0 aliphatic carbocycles. The monoisotopic (exact) mass is 336 g/mol. The zero-order valence-corrected chi connectivity index (χ0v) is 15.3. The van der Waals surface area contributed by atoms with Crippen molar-refractivity contribution in [1.29, 1.82) is 0 Å². The third-order valence-corrected chi connectivity index (χ3v) is 3.58. The first-order valence-corrected chi connectivity index (χ1v) is 8.12. The molecule has 0 unspecified atom stereocenters. The number of carbonyl (C=O) groups is 2. The summed E-state index contributed by atoms with van der Waals surface area (Å²) >= 11 is 0. The van der Waals surface area contributed by atoms with Crippen molar-refractivity contribution in [2.45, 2.75) is 27.7 Å². The number of nitrogens with one attached hydrogen (secondary N) is 1. The van der Waals surface area contributed by atoms with Gasteiger partial charge in [0.2, 0.25) is 5.91 Å². The molecule has 0 radical (unpaired) electrons. The van der Waals surface area contributed by atoms with E-state index in [9.17, 15) is 9.59 Å². The van der Waals surface area contributed by atoms with Gasteiger partial charge in [-0.15, -0.1) is 0 Å². The van der Waals surface area contributed by atoms with Crippen molar-refractivity contribution in [3.63, 3.8) is 0 Å². The molecule has 6 heteroatoms. The molecule has 0 fully saturated rings. The molecular formula is C18H28N2O4. The van der Waals surface area contributed by atoms with Gasteiger partial charge in [-0.1, -0.05) is 17.7 Å². The highest BCUT2D eigenvalue weighted by atomic mass is 16.5. The zero-order chi connectivity index (χ0) is 18.1. The van der Waals surface area contributed by atoms with Crippen molar-refractivity contribution < 1.29 is 19.1 Å². The number of hydrogen-bond acceptors (Lipinski definition) is 5.